The lowest BCUT2D eigenvalue weighted by atomic mass is 9.92. The summed E-state index contributed by atoms with van der Waals surface area (Å²) in [6, 6.07) is 27.2. The van der Waals surface area contributed by atoms with E-state index in [9.17, 15) is 0 Å². The van der Waals surface area contributed by atoms with Crippen LogP contribution in [-0.4, -0.2) is 24.5 Å². The van der Waals surface area contributed by atoms with Crippen LogP contribution in [0, 0.1) is 0 Å². The summed E-state index contributed by atoms with van der Waals surface area (Å²) in [5.74, 6) is 1.15. The van der Waals surface area contributed by atoms with Gasteiger partial charge in [0.15, 0.2) is 5.96 Å². The van der Waals surface area contributed by atoms with Gasteiger partial charge < -0.3 is 10.6 Å². The van der Waals surface area contributed by atoms with Crippen molar-refractivity contribution in [3.05, 3.63) is 102 Å². The fraction of sp³-hybridized carbons (Fsp3) is 0.217. The SMILES string of the molecule is CN=C(NCc1ccccn1)NCC(Cc1ccccc1)c1ccccc1. The van der Waals surface area contributed by atoms with E-state index in [1.165, 1.54) is 11.1 Å². The highest BCUT2D eigenvalue weighted by atomic mass is 15.2. The number of rotatable bonds is 7. The average molecular weight is 358 g/mol. The van der Waals surface area contributed by atoms with Crippen molar-refractivity contribution in [1.29, 1.82) is 0 Å². The molecule has 0 spiro atoms. The van der Waals surface area contributed by atoms with E-state index in [0.717, 1.165) is 24.6 Å². The van der Waals surface area contributed by atoms with Crippen LogP contribution in [0.5, 0.6) is 0 Å². The molecule has 2 N–H and O–H groups in total. The zero-order chi connectivity index (χ0) is 18.7. The molecule has 1 unspecified atom stereocenters. The summed E-state index contributed by atoms with van der Waals surface area (Å²) in [5, 5.41) is 6.80. The second-order valence-electron chi connectivity index (χ2n) is 6.43. The molecule has 0 aliphatic rings. The number of guanidine groups is 1. The Balaban J connectivity index is 1.62. The van der Waals surface area contributed by atoms with Crippen LogP contribution in [0.3, 0.4) is 0 Å². The van der Waals surface area contributed by atoms with Crippen LogP contribution in [0.15, 0.2) is 90.1 Å². The van der Waals surface area contributed by atoms with Crippen molar-refractivity contribution in [2.75, 3.05) is 13.6 Å². The topological polar surface area (TPSA) is 49.3 Å². The Morgan fingerprint density at radius 2 is 1.59 bits per heavy atom. The van der Waals surface area contributed by atoms with Gasteiger partial charge in [0, 0.05) is 25.7 Å². The molecule has 2 aromatic carbocycles. The minimum atomic E-state index is 0.363. The Kier molecular flexibility index (Phi) is 6.99. The Hall–Kier alpha value is -3.14. The molecule has 27 heavy (non-hydrogen) atoms. The summed E-state index contributed by atoms with van der Waals surface area (Å²) >= 11 is 0. The largest absolute Gasteiger partial charge is 0.356 e. The molecule has 4 nitrogen and oxygen atoms in total. The molecule has 0 saturated carbocycles. The number of hydrogen-bond donors (Lipinski definition) is 2. The van der Waals surface area contributed by atoms with Crippen molar-refractivity contribution in [3.8, 4) is 0 Å². The molecule has 3 aromatic rings. The monoisotopic (exact) mass is 358 g/mol. The van der Waals surface area contributed by atoms with Crippen molar-refractivity contribution in [2.24, 2.45) is 4.99 Å². The highest BCUT2D eigenvalue weighted by Crippen LogP contribution is 2.20. The fourth-order valence-electron chi connectivity index (χ4n) is 3.05. The van der Waals surface area contributed by atoms with Gasteiger partial charge in [-0.05, 0) is 29.7 Å². The number of pyridine rings is 1. The van der Waals surface area contributed by atoms with Crippen LogP contribution in [0.1, 0.15) is 22.7 Å². The third-order valence-corrected chi connectivity index (χ3v) is 4.50. The first-order valence-corrected chi connectivity index (χ1v) is 9.28. The third kappa shape index (κ3) is 5.96. The van der Waals surface area contributed by atoms with Crippen LogP contribution >= 0.6 is 0 Å². The average Bonchev–Trinajstić information content (AvgIpc) is 2.75. The summed E-state index contributed by atoms with van der Waals surface area (Å²) in [5.41, 5.74) is 3.66. The van der Waals surface area contributed by atoms with Crippen LogP contribution in [0.2, 0.25) is 0 Å². The van der Waals surface area contributed by atoms with Crippen LogP contribution < -0.4 is 10.6 Å². The molecule has 138 valence electrons. The molecule has 0 amide bonds. The quantitative estimate of drug-likeness (QED) is 0.499. The highest BCUT2D eigenvalue weighted by molar-refractivity contribution is 5.79. The van der Waals surface area contributed by atoms with Gasteiger partial charge in [0.25, 0.3) is 0 Å². The number of benzene rings is 2. The number of aliphatic imine (C=N–C) groups is 1. The summed E-state index contributed by atoms with van der Waals surface area (Å²) < 4.78 is 0. The van der Waals surface area contributed by atoms with Crippen molar-refractivity contribution in [3.63, 3.8) is 0 Å². The molecule has 4 heteroatoms. The first kappa shape index (κ1) is 18.6. The molecule has 0 saturated heterocycles. The lowest BCUT2D eigenvalue weighted by Gasteiger charge is -2.20. The molecular formula is C23H26N4. The maximum Gasteiger partial charge on any atom is 0.191 e. The third-order valence-electron chi connectivity index (χ3n) is 4.50. The van der Waals surface area contributed by atoms with Gasteiger partial charge >= 0.3 is 0 Å². The first-order chi connectivity index (χ1) is 13.3. The minimum absolute atomic E-state index is 0.363. The minimum Gasteiger partial charge on any atom is -0.356 e. The van der Waals surface area contributed by atoms with E-state index in [1.807, 2.05) is 18.2 Å². The zero-order valence-corrected chi connectivity index (χ0v) is 15.7. The molecule has 1 atom stereocenters. The number of hydrogen-bond acceptors (Lipinski definition) is 2. The summed E-state index contributed by atoms with van der Waals surface area (Å²) in [6.45, 7) is 1.45. The van der Waals surface area contributed by atoms with Gasteiger partial charge in [-0.15, -0.1) is 0 Å². The van der Waals surface area contributed by atoms with Gasteiger partial charge in [0.1, 0.15) is 0 Å². The standard InChI is InChI=1S/C23H26N4/c1-24-23(27-18-22-14-8-9-15-25-22)26-17-21(20-12-6-3-7-13-20)16-19-10-4-2-5-11-19/h2-15,21H,16-18H2,1H3,(H2,24,26,27). The normalized spacial score (nSPS) is 12.4. The van der Waals surface area contributed by atoms with E-state index in [-0.39, 0.29) is 0 Å². The molecule has 1 aromatic heterocycles. The number of nitrogens with zero attached hydrogens (tertiary/aromatic N) is 2. The van der Waals surface area contributed by atoms with Crippen molar-refractivity contribution in [2.45, 2.75) is 18.9 Å². The van der Waals surface area contributed by atoms with E-state index >= 15 is 0 Å². The summed E-state index contributed by atoms with van der Waals surface area (Å²) in [4.78, 5) is 8.68. The maximum atomic E-state index is 4.34. The predicted octanol–water partition coefficient (Wildman–Crippen LogP) is 3.77. The molecule has 0 bridgehead atoms. The molecular weight excluding hydrogens is 332 g/mol. The molecule has 1 heterocycles. The smallest absolute Gasteiger partial charge is 0.191 e. The lowest BCUT2D eigenvalue weighted by molar-refractivity contribution is 0.644. The van der Waals surface area contributed by atoms with Crippen LogP contribution in [-0.2, 0) is 13.0 Å². The van der Waals surface area contributed by atoms with Gasteiger partial charge in [-0.3, -0.25) is 9.98 Å². The molecule has 3 rings (SSSR count). The Bertz CT molecular complexity index is 817. The maximum absolute atomic E-state index is 4.34. The number of nitrogens with one attached hydrogen (secondary N) is 2. The Morgan fingerprint density at radius 3 is 2.26 bits per heavy atom. The van der Waals surface area contributed by atoms with Crippen LogP contribution in [0.25, 0.3) is 0 Å². The van der Waals surface area contributed by atoms with Crippen LogP contribution in [0.4, 0.5) is 0 Å². The van der Waals surface area contributed by atoms with E-state index < -0.39 is 0 Å². The molecule has 0 radical (unpaired) electrons. The van der Waals surface area contributed by atoms with Crippen molar-refractivity contribution < 1.29 is 0 Å². The van der Waals surface area contributed by atoms with E-state index in [1.54, 1.807) is 13.2 Å². The van der Waals surface area contributed by atoms with Gasteiger partial charge in [-0.25, -0.2) is 0 Å². The second-order valence-corrected chi connectivity index (χ2v) is 6.43. The zero-order valence-electron chi connectivity index (χ0n) is 15.7. The lowest BCUT2D eigenvalue weighted by Crippen LogP contribution is -2.39. The Labute approximate surface area is 161 Å². The summed E-state index contributed by atoms with van der Waals surface area (Å²) in [6.07, 6.45) is 2.79. The fourth-order valence-corrected chi connectivity index (χ4v) is 3.05. The highest BCUT2D eigenvalue weighted by Gasteiger charge is 2.13. The van der Waals surface area contributed by atoms with Gasteiger partial charge in [-0.2, -0.15) is 0 Å². The van der Waals surface area contributed by atoms with E-state index in [2.05, 4.69) is 81.3 Å². The van der Waals surface area contributed by atoms with E-state index in [4.69, 9.17) is 0 Å². The van der Waals surface area contributed by atoms with Crippen molar-refractivity contribution in [1.82, 2.24) is 15.6 Å². The van der Waals surface area contributed by atoms with Gasteiger partial charge in [0.2, 0.25) is 0 Å². The number of aromatic nitrogens is 1. The predicted molar refractivity (Wildman–Crippen MR) is 112 cm³/mol. The van der Waals surface area contributed by atoms with Gasteiger partial charge in [0.05, 0.1) is 12.2 Å². The molecule has 0 fully saturated rings. The molecule has 0 aliphatic heterocycles. The second kappa shape index (κ2) is 10.1. The summed E-state index contributed by atoms with van der Waals surface area (Å²) in [7, 11) is 1.79. The van der Waals surface area contributed by atoms with Gasteiger partial charge in [-0.1, -0.05) is 66.7 Å². The van der Waals surface area contributed by atoms with E-state index in [0.29, 0.717) is 12.5 Å². The first-order valence-electron chi connectivity index (χ1n) is 9.28. The van der Waals surface area contributed by atoms with Crippen molar-refractivity contribution >= 4 is 5.96 Å². The Morgan fingerprint density at radius 1 is 0.889 bits per heavy atom. The molecule has 0 aliphatic carbocycles.